The molecule has 5 rings (SSSR count). The van der Waals surface area contributed by atoms with Crippen LogP contribution in [-0.4, -0.2) is 11.8 Å². The number of nitriles is 1. The molecule has 0 N–H and O–H groups in total. The highest BCUT2D eigenvalue weighted by atomic mass is 16.2. The van der Waals surface area contributed by atoms with E-state index >= 15 is 0 Å². The molecule has 4 fully saturated rings. The van der Waals surface area contributed by atoms with Crippen molar-refractivity contribution in [3.8, 4) is 6.07 Å². The Bertz CT molecular complexity index is 653. The summed E-state index contributed by atoms with van der Waals surface area (Å²) in [7, 11) is 0. The molecular formula is C17H16N2O2. The third kappa shape index (κ3) is 1.49. The first-order chi connectivity index (χ1) is 10.2. The van der Waals surface area contributed by atoms with E-state index in [1.54, 1.807) is 12.1 Å². The van der Waals surface area contributed by atoms with Crippen LogP contribution in [0.5, 0.6) is 0 Å². The fourth-order valence-electron chi connectivity index (χ4n) is 4.59. The van der Waals surface area contributed by atoms with Gasteiger partial charge in [0.25, 0.3) is 0 Å². The van der Waals surface area contributed by atoms with E-state index in [1.165, 1.54) is 4.90 Å². The number of rotatable bonds is 1. The van der Waals surface area contributed by atoms with E-state index in [0.29, 0.717) is 5.69 Å². The molecule has 1 aromatic carbocycles. The third-order valence-electron chi connectivity index (χ3n) is 5.61. The number of carbonyl (C=O) groups is 2. The summed E-state index contributed by atoms with van der Waals surface area (Å²) in [6, 6.07) is 11.5. The molecule has 2 bridgehead atoms. The molecule has 1 aromatic rings. The van der Waals surface area contributed by atoms with E-state index < -0.39 is 11.3 Å². The Hall–Kier alpha value is -2.15. The Labute approximate surface area is 123 Å². The van der Waals surface area contributed by atoms with Gasteiger partial charge in [0, 0.05) is 0 Å². The van der Waals surface area contributed by atoms with Gasteiger partial charge in [-0.15, -0.1) is 0 Å². The van der Waals surface area contributed by atoms with Crippen molar-refractivity contribution < 1.29 is 9.59 Å². The van der Waals surface area contributed by atoms with Crippen LogP contribution in [0, 0.1) is 34.5 Å². The van der Waals surface area contributed by atoms with Crippen molar-refractivity contribution in [3.63, 3.8) is 0 Å². The second kappa shape index (κ2) is 4.17. The van der Waals surface area contributed by atoms with Gasteiger partial charge in [-0.2, -0.15) is 5.26 Å². The number of hydrogen-bond donors (Lipinski definition) is 0. The lowest BCUT2D eigenvalue weighted by Gasteiger charge is -2.48. The standard InChI is InChI=1S/C17H16N2O2/c18-10-17-8-6-11(7-9-17)13-14(17)16(21)19(15(13)20)12-4-2-1-3-5-12/h1-5,11,13-14H,6-9H2/t11?,13-,14-,17?/m0/s1. The minimum atomic E-state index is -0.615. The summed E-state index contributed by atoms with van der Waals surface area (Å²) in [4.78, 5) is 27.0. The van der Waals surface area contributed by atoms with Crippen LogP contribution in [0.2, 0.25) is 0 Å². The zero-order valence-corrected chi connectivity index (χ0v) is 11.7. The Kier molecular flexibility index (Phi) is 2.50. The normalized spacial score (nSPS) is 37.5. The molecule has 4 nitrogen and oxygen atoms in total. The maximum absolute atomic E-state index is 12.9. The Balaban J connectivity index is 1.81. The molecule has 4 aliphatic rings. The molecule has 0 spiro atoms. The van der Waals surface area contributed by atoms with E-state index in [1.807, 2.05) is 18.2 Å². The van der Waals surface area contributed by atoms with Crippen LogP contribution >= 0.6 is 0 Å². The largest absolute Gasteiger partial charge is 0.274 e. The monoisotopic (exact) mass is 280 g/mol. The first-order valence-electron chi connectivity index (χ1n) is 7.52. The summed E-state index contributed by atoms with van der Waals surface area (Å²) >= 11 is 0. The highest BCUT2D eigenvalue weighted by Gasteiger charge is 2.64. The van der Waals surface area contributed by atoms with Crippen molar-refractivity contribution in [2.45, 2.75) is 25.7 Å². The van der Waals surface area contributed by atoms with Crippen LogP contribution in [0.1, 0.15) is 25.7 Å². The molecule has 106 valence electrons. The fourth-order valence-corrected chi connectivity index (χ4v) is 4.59. The van der Waals surface area contributed by atoms with Crippen LogP contribution in [0.15, 0.2) is 30.3 Å². The minimum absolute atomic E-state index is 0.0970. The lowest BCUT2D eigenvalue weighted by Crippen LogP contribution is -2.49. The molecule has 0 radical (unpaired) electrons. The fraction of sp³-hybridized carbons (Fsp3) is 0.471. The van der Waals surface area contributed by atoms with Crippen molar-refractivity contribution in [2.24, 2.45) is 23.2 Å². The average Bonchev–Trinajstić information content (AvgIpc) is 2.83. The summed E-state index contributed by atoms with van der Waals surface area (Å²) in [6.07, 6.45) is 3.32. The average molecular weight is 280 g/mol. The minimum Gasteiger partial charge on any atom is -0.274 e. The number of hydrogen-bond acceptors (Lipinski definition) is 3. The number of carbonyl (C=O) groups excluding carboxylic acids is 2. The Morgan fingerprint density at radius 2 is 1.76 bits per heavy atom. The van der Waals surface area contributed by atoms with Crippen LogP contribution in [0.25, 0.3) is 0 Å². The molecule has 4 heteroatoms. The van der Waals surface area contributed by atoms with Gasteiger partial charge in [0.15, 0.2) is 0 Å². The topological polar surface area (TPSA) is 61.2 Å². The summed E-state index contributed by atoms with van der Waals surface area (Å²) in [5.74, 6) is -0.694. The predicted octanol–water partition coefficient (Wildman–Crippen LogP) is 2.51. The van der Waals surface area contributed by atoms with E-state index in [0.717, 1.165) is 25.7 Å². The number of fused-ring (bicyclic) bond motifs is 2. The number of amides is 2. The molecule has 0 aromatic heterocycles. The van der Waals surface area contributed by atoms with E-state index in [2.05, 4.69) is 6.07 Å². The molecule has 1 heterocycles. The lowest BCUT2D eigenvalue weighted by molar-refractivity contribution is -0.133. The molecule has 2 atom stereocenters. The lowest BCUT2D eigenvalue weighted by atomic mass is 9.52. The van der Waals surface area contributed by atoms with Crippen molar-refractivity contribution >= 4 is 17.5 Å². The SMILES string of the molecule is N#CC12CCC(CC1)[C@@H]1C(=O)N(c3ccccc3)C(=O)[C@H]12. The summed E-state index contributed by atoms with van der Waals surface area (Å²) in [6.45, 7) is 0. The second-order valence-electron chi connectivity index (χ2n) is 6.46. The Morgan fingerprint density at radius 3 is 2.38 bits per heavy atom. The van der Waals surface area contributed by atoms with Crippen LogP contribution in [-0.2, 0) is 9.59 Å². The number of nitrogens with zero attached hydrogens (tertiary/aromatic N) is 2. The quantitative estimate of drug-likeness (QED) is 0.743. The summed E-state index contributed by atoms with van der Waals surface area (Å²) in [5, 5.41) is 9.64. The van der Waals surface area contributed by atoms with Gasteiger partial charge in [-0.05, 0) is 43.7 Å². The predicted molar refractivity (Wildman–Crippen MR) is 75.9 cm³/mol. The molecule has 3 saturated carbocycles. The van der Waals surface area contributed by atoms with Gasteiger partial charge in [-0.3, -0.25) is 9.59 Å². The van der Waals surface area contributed by atoms with Crippen LogP contribution in [0.3, 0.4) is 0 Å². The van der Waals surface area contributed by atoms with Crippen LogP contribution < -0.4 is 4.90 Å². The highest BCUT2D eigenvalue weighted by Crippen LogP contribution is 2.59. The van der Waals surface area contributed by atoms with Crippen molar-refractivity contribution in [1.29, 1.82) is 5.26 Å². The third-order valence-corrected chi connectivity index (χ3v) is 5.61. The zero-order valence-electron chi connectivity index (χ0n) is 11.7. The molecule has 1 aliphatic heterocycles. The maximum Gasteiger partial charge on any atom is 0.239 e. The van der Waals surface area contributed by atoms with Gasteiger partial charge in [0.05, 0.1) is 29.0 Å². The number of para-hydroxylation sites is 1. The van der Waals surface area contributed by atoms with Crippen molar-refractivity contribution in [2.75, 3.05) is 4.90 Å². The first-order valence-corrected chi connectivity index (χ1v) is 7.52. The molecule has 3 aliphatic carbocycles. The number of anilines is 1. The maximum atomic E-state index is 12.9. The van der Waals surface area contributed by atoms with Crippen molar-refractivity contribution in [3.05, 3.63) is 30.3 Å². The molecule has 0 unspecified atom stereocenters. The van der Waals surface area contributed by atoms with Gasteiger partial charge in [0.1, 0.15) is 0 Å². The van der Waals surface area contributed by atoms with Gasteiger partial charge in [-0.1, -0.05) is 18.2 Å². The highest BCUT2D eigenvalue weighted by molar-refractivity contribution is 6.22. The van der Waals surface area contributed by atoms with Gasteiger partial charge >= 0.3 is 0 Å². The molecule has 2 amide bonds. The first kappa shape index (κ1) is 12.6. The van der Waals surface area contributed by atoms with E-state index in [9.17, 15) is 14.9 Å². The van der Waals surface area contributed by atoms with Crippen LogP contribution in [0.4, 0.5) is 5.69 Å². The van der Waals surface area contributed by atoms with Gasteiger partial charge in [0.2, 0.25) is 11.8 Å². The summed E-state index contributed by atoms with van der Waals surface area (Å²) in [5.41, 5.74) is 0.0183. The Morgan fingerprint density at radius 1 is 1.10 bits per heavy atom. The number of benzene rings is 1. The van der Waals surface area contributed by atoms with E-state index in [-0.39, 0.29) is 23.7 Å². The summed E-state index contributed by atoms with van der Waals surface area (Å²) < 4.78 is 0. The second-order valence-corrected chi connectivity index (χ2v) is 6.46. The van der Waals surface area contributed by atoms with Gasteiger partial charge in [-0.25, -0.2) is 4.90 Å². The van der Waals surface area contributed by atoms with E-state index in [4.69, 9.17) is 0 Å². The smallest absolute Gasteiger partial charge is 0.239 e. The van der Waals surface area contributed by atoms with Gasteiger partial charge < -0.3 is 0 Å². The molecular weight excluding hydrogens is 264 g/mol. The number of imide groups is 1. The molecule has 21 heavy (non-hydrogen) atoms. The zero-order chi connectivity index (χ0) is 14.6. The van der Waals surface area contributed by atoms with Crippen molar-refractivity contribution in [1.82, 2.24) is 0 Å². The molecule has 1 saturated heterocycles.